The Morgan fingerprint density at radius 2 is 1.95 bits per heavy atom. The van der Waals surface area contributed by atoms with E-state index in [1.807, 2.05) is 42.6 Å². The maximum absolute atomic E-state index is 12.0. The smallest absolute Gasteiger partial charge is 0.262 e. The van der Waals surface area contributed by atoms with Crippen molar-refractivity contribution in [2.75, 3.05) is 19.0 Å². The summed E-state index contributed by atoms with van der Waals surface area (Å²) in [7, 11) is 1.56. The van der Waals surface area contributed by atoms with Crippen LogP contribution in [0.1, 0.15) is 0 Å². The molecule has 3 aromatic rings. The highest BCUT2D eigenvalue weighted by Crippen LogP contribution is 2.25. The molecule has 2 N–H and O–H groups in total. The van der Waals surface area contributed by atoms with E-state index in [1.54, 1.807) is 19.2 Å². The second-order valence-electron chi connectivity index (χ2n) is 4.77. The highest BCUT2D eigenvalue weighted by molar-refractivity contribution is 5.94. The minimum absolute atomic E-state index is 0.0778. The number of methoxy groups -OCH3 is 1. The Morgan fingerprint density at radius 1 is 1.14 bits per heavy atom. The van der Waals surface area contributed by atoms with Gasteiger partial charge in [0.15, 0.2) is 18.1 Å². The van der Waals surface area contributed by atoms with Gasteiger partial charge in [0, 0.05) is 22.8 Å². The Hall–Kier alpha value is -2.95. The molecule has 1 amide bonds. The van der Waals surface area contributed by atoms with Crippen molar-refractivity contribution < 1.29 is 14.3 Å². The number of amides is 1. The zero-order chi connectivity index (χ0) is 15.4. The lowest BCUT2D eigenvalue weighted by molar-refractivity contribution is -0.118. The van der Waals surface area contributed by atoms with Gasteiger partial charge in [-0.15, -0.1) is 0 Å². The number of para-hydroxylation sites is 2. The van der Waals surface area contributed by atoms with Crippen LogP contribution in [0.25, 0.3) is 10.9 Å². The normalized spacial score (nSPS) is 10.4. The van der Waals surface area contributed by atoms with E-state index in [-0.39, 0.29) is 12.5 Å². The van der Waals surface area contributed by atoms with Gasteiger partial charge in [-0.3, -0.25) is 4.79 Å². The molecule has 0 bridgehead atoms. The van der Waals surface area contributed by atoms with Crippen LogP contribution in [0.15, 0.2) is 54.7 Å². The van der Waals surface area contributed by atoms with E-state index in [0.717, 1.165) is 16.6 Å². The topological polar surface area (TPSA) is 63.4 Å². The number of fused-ring (bicyclic) bond motifs is 1. The highest BCUT2D eigenvalue weighted by atomic mass is 16.5. The van der Waals surface area contributed by atoms with Crippen LogP contribution in [-0.2, 0) is 4.79 Å². The van der Waals surface area contributed by atoms with Crippen molar-refractivity contribution in [2.24, 2.45) is 0 Å². The Balaban J connectivity index is 1.62. The molecule has 0 spiro atoms. The van der Waals surface area contributed by atoms with Gasteiger partial charge in [-0.25, -0.2) is 0 Å². The molecule has 0 radical (unpaired) electrons. The lowest BCUT2D eigenvalue weighted by Crippen LogP contribution is -2.20. The third-order valence-corrected chi connectivity index (χ3v) is 3.26. The van der Waals surface area contributed by atoms with Crippen molar-refractivity contribution in [2.45, 2.75) is 0 Å². The van der Waals surface area contributed by atoms with Crippen molar-refractivity contribution >= 4 is 22.5 Å². The van der Waals surface area contributed by atoms with E-state index in [0.29, 0.717) is 11.5 Å². The number of hydrogen-bond donors (Lipinski definition) is 2. The monoisotopic (exact) mass is 296 g/mol. The molecular weight excluding hydrogens is 280 g/mol. The van der Waals surface area contributed by atoms with Crippen molar-refractivity contribution in [1.29, 1.82) is 0 Å². The number of nitrogens with one attached hydrogen (secondary N) is 2. The maximum atomic E-state index is 12.0. The van der Waals surface area contributed by atoms with E-state index < -0.39 is 0 Å². The number of aromatic nitrogens is 1. The number of hydrogen-bond acceptors (Lipinski definition) is 3. The molecule has 0 aliphatic heterocycles. The first-order chi connectivity index (χ1) is 10.8. The summed E-state index contributed by atoms with van der Waals surface area (Å²) >= 11 is 0. The first kappa shape index (κ1) is 14.0. The Kier molecular flexibility index (Phi) is 3.96. The van der Waals surface area contributed by atoms with Gasteiger partial charge in [0.25, 0.3) is 5.91 Å². The van der Waals surface area contributed by atoms with Crippen molar-refractivity contribution in [3.05, 3.63) is 54.7 Å². The van der Waals surface area contributed by atoms with Crippen LogP contribution in [0.4, 0.5) is 5.69 Å². The molecule has 5 heteroatoms. The van der Waals surface area contributed by atoms with Crippen LogP contribution in [0.5, 0.6) is 11.5 Å². The second kappa shape index (κ2) is 6.22. The SMILES string of the molecule is COc1ccccc1OCC(=O)Nc1ccc2[nH]ccc2c1. The summed E-state index contributed by atoms with van der Waals surface area (Å²) in [6, 6.07) is 14.9. The quantitative estimate of drug-likeness (QED) is 0.760. The van der Waals surface area contributed by atoms with E-state index in [2.05, 4.69) is 10.3 Å². The molecule has 5 nitrogen and oxygen atoms in total. The van der Waals surface area contributed by atoms with Gasteiger partial charge in [-0.1, -0.05) is 12.1 Å². The van der Waals surface area contributed by atoms with Crippen LogP contribution >= 0.6 is 0 Å². The molecule has 3 rings (SSSR count). The Bertz CT molecular complexity index is 795. The summed E-state index contributed by atoms with van der Waals surface area (Å²) in [6.45, 7) is -0.0778. The number of benzene rings is 2. The standard InChI is InChI=1S/C17H16N2O3/c1-21-15-4-2-3-5-16(15)22-11-17(20)19-13-6-7-14-12(10-13)8-9-18-14/h2-10,18H,11H2,1H3,(H,19,20). The lowest BCUT2D eigenvalue weighted by Gasteiger charge is -2.10. The van der Waals surface area contributed by atoms with E-state index in [4.69, 9.17) is 9.47 Å². The largest absolute Gasteiger partial charge is 0.493 e. The second-order valence-corrected chi connectivity index (χ2v) is 4.77. The average Bonchev–Trinajstić information content (AvgIpc) is 3.01. The molecule has 1 aromatic heterocycles. The fourth-order valence-electron chi connectivity index (χ4n) is 2.21. The molecule has 0 saturated carbocycles. The van der Waals surface area contributed by atoms with Crippen molar-refractivity contribution in [3.63, 3.8) is 0 Å². The van der Waals surface area contributed by atoms with Crippen LogP contribution in [0.2, 0.25) is 0 Å². The van der Waals surface area contributed by atoms with Gasteiger partial charge in [0.05, 0.1) is 7.11 Å². The third-order valence-electron chi connectivity index (χ3n) is 3.26. The van der Waals surface area contributed by atoms with Gasteiger partial charge < -0.3 is 19.8 Å². The lowest BCUT2D eigenvalue weighted by atomic mass is 10.2. The first-order valence-electron chi connectivity index (χ1n) is 6.89. The van der Waals surface area contributed by atoms with E-state index in [9.17, 15) is 4.79 Å². The van der Waals surface area contributed by atoms with Crippen LogP contribution in [-0.4, -0.2) is 24.6 Å². The zero-order valence-corrected chi connectivity index (χ0v) is 12.1. The third kappa shape index (κ3) is 3.03. The molecule has 0 saturated heterocycles. The maximum Gasteiger partial charge on any atom is 0.262 e. The summed E-state index contributed by atoms with van der Waals surface area (Å²) < 4.78 is 10.7. The van der Waals surface area contributed by atoms with E-state index in [1.165, 1.54) is 0 Å². The Morgan fingerprint density at radius 3 is 2.77 bits per heavy atom. The predicted octanol–water partition coefficient (Wildman–Crippen LogP) is 3.19. The van der Waals surface area contributed by atoms with Gasteiger partial charge in [-0.05, 0) is 36.4 Å². The molecule has 1 heterocycles. The Labute approximate surface area is 127 Å². The molecule has 22 heavy (non-hydrogen) atoms. The van der Waals surface area contributed by atoms with Crippen LogP contribution in [0.3, 0.4) is 0 Å². The fourth-order valence-corrected chi connectivity index (χ4v) is 2.21. The molecular formula is C17H16N2O3. The number of carbonyl (C=O) groups is 1. The van der Waals surface area contributed by atoms with Gasteiger partial charge in [0.1, 0.15) is 0 Å². The summed E-state index contributed by atoms with van der Waals surface area (Å²) in [6.07, 6.45) is 1.86. The van der Waals surface area contributed by atoms with Gasteiger partial charge in [0.2, 0.25) is 0 Å². The number of aromatic amines is 1. The average molecular weight is 296 g/mol. The van der Waals surface area contributed by atoms with Crippen LogP contribution in [0, 0.1) is 0 Å². The predicted molar refractivity (Wildman–Crippen MR) is 85.4 cm³/mol. The van der Waals surface area contributed by atoms with E-state index >= 15 is 0 Å². The molecule has 0 fully saturated rings. The summed E-state index contributed by atoms with van der Waals surface area (Å²) in [5.74, 6) is 0.922. The molecule has 0 unspecified atom stereocenters. The number of carbonyl (C=O) groups excluding carboxylic acids is 1. The fraction of sp³-hybridized carbons (Fsp3) is 0.118. The molecule has 0 aliphatic carbocycles. The summed E-state index contributed by atoms with van der Waals surface area (Å²) in [5, 5.41) is 3.86. The van der Waals surface area contributed by atoms with Crippen molar-refractivity contribution in [1.82, 2.24) is 4.98 Å². The summed E-state index contributed by atoms with van der Waals surface area (Å²) in [4.78, 5) is 15.1. The van der Waals surface area contributed by atoms with Gasteiger partial charge >= 0.3 is 0 Å². The number of anilines is 1. The summed E-state index contributed by atoms with van der Waals surface area (Å²) in [5.41, 5.74) is 1.77. The first-order valence-corrected chi connectivity index (χ1v) is 6.89. The molecule has 2 aromatic carbocycles. The molecule has 112 valence electrons. The minimum atomic E-state index is -0.221. The zero-order valence-electron chi connectivity index (χ0n) is 12.1. The van der Waals surface area contributed by atoms with Gasteiger partial charge in [-0.2, -0.15) is 0 Å². The minimum Gasteiger partial charge on any atom is -0.493 e. The number of rotatable bonds is 5. The molecule has 0 atom stereocenters. The number of H-pyrrole nitrogens is 1. The number of ether oxygens (including phenoxy) is 2. The van der Waals surface area contributed by atoms with Crippen LogP contribution < -0.4 is 14.8 Å². The highest BCUT2D eigenvalue weighted by Gasteiger charge is 2.07. The molecule has 0 aliphatic rings. The van der Waals surface area contributed by atoms with Crippen molar-refractivity contribution in [3.8, 4) is 11.5 Å².